The van der Waals surface area contributed by atoms with Gasteiger partial charge in [0.2, 0.25) is 0 Å². The summed E-state index contributed by atoms with van der Waals surface area (Å²) < 4.78 is 5.41. The van der Waals surface area contributed by atoms with E-state index in [1.807, 2.05) is 0 Å². The average molecular weight is 246 g/mol. The predicted octanol–water partition coefficient (Wildman–Crippen LogP) is 2.67. The summed E-state index contributed by atoms with van der Waals surface area (Å²) in [6.45, 7) is 0. The van der Waals surface area contributed by atoms with Crippen molar-refractivity contribution in [3.05, 3.63) is 52.6 Å². The highest BCUT2D eigenvalue weighted by atomic mass is 16.6. The molecule has 0 heterocycles. The molecule has 0 aromatic heterocycles. The summed E-state index contributed by atoms with van der Waals surface area (Å²) in [5.41, 5.74) is 5.66. The summed E-state index contributed by atoms with van der Waals surface area (Å²) in [5, 5.41) is 19.8. The molecule has 0 aliphatic carbocycles. The van der Waals surface area contributed by atoms with Gasteiger partial charge < -0.3 is 15.6 Å². The lowest BCUT2D eigenvalue weighted by Gasteiger charge is -2.06. The van der Waals surface area contributed by atoms with Gasteiger partial charge in [-0.15, -0.1) is 0 Å². The molecule has 0 aliphatic rings. The molecule has 92 valence electrons. The van der Waals surface area contributed by atoms with Crippen LogP contribution in [0.3, 0.4) is 0 Å². The van der Waals surface area contributed by atoms with Gasteiger partial charge in [0.05, 0.1) is 11.0 Å². The molecule has 0 unspecified atom stereocenters. The quantitative estimate of drug-likeness (QED) is 0.492. The number of phenolic OH excluding ortho intramolecular Hbond substituents is 1. The van der Waals surface area contributed by atoms with Crippen LogP contribution in [0.4, 0.5) is 11.4 Å². The average Bonchev–Trinajstić information content (AvgIpc) is 2.31. The van der Waals surface area contributed by atoms with Gasteiger partial charge in [-0.1, -0.05) is 0 Å². The van der Waals surface area contributed by atoms with Gasteiger partial charge in [-0.3, -0.25) is 10.1 Å². The summed E-state index contributed by atoms with van der Waals surface area (Å²) in [6.07, 6.45) is 0. The molecule has 6 nitrogen and oxygen atoms in total. The minimum absolute atomic E-state index is 0.112. The molecule has 0 radical (unpaired) electrons. The molecule has 0 aliphatic heterocycles. The Bertz CT molecular complexity index is 581. The smallest absolute Gasteiger partial charge is 0.275 e. The number of rotatable bonds is 3. The number of hydrogen-bond donors (Lipinski definition) is 2. The standard InChI is InChI=1S/C12H10N2O4/c13-8-5-9(14(16)17)7-12(6-8)18-11-3-1-10(15)2-4-11/h1-7,15H,13H2. The molecule has 0 spiro atoms. The van der Waals surface area contributed by atoms with Crippen LogP contribution >= 0.6 is 0 Å². The number of non-ortho nitro benzene ring substituents is 1. The van der Waals surface area contributed by atoms with Crippen LogP contribution in [-0.2, 0) is 0 Å². The first-order chi connectivity index (χ1) is 8.54. The summed E-state index contributed by atoms with van der Waals surface area (Å²) in [7, 11) is 0. The van der Waals surface area contributed by atoms with Crippen LogP contribution in [0.5, 0.6) is 17.2 Å². The van der Waals surface area contributed by atoms with Crippen molar-refractivity contribution in [2.45, 2.75) is 0 Å². The van der Waals surface area contributed by atoms with Crippen LogP contribution in [0, 0.1) is 10.1 Å². The van der Waals surface area contributed by atoms with Crippen molar-refractivity contribution in [3.63, 3.8) is 0 Å². The Morgan fingerprint density at radius 2 is 1.78 bits per heavy atom. The van der Waals surface area contributed by atoms with Crippen LogP contribution in [-0.4, -0.2) is 10.0 Å². The van der Waals surface area contributed by atoms with Gasteiger partial charge in [0.25, 0.3) is 5.69 Å². The Labute approximate surface area is 102 Å². The summed E-state index contributed by atoms with van der Waals surface area (Å²) in [5.74, 6) is 0.834. The van der Waals surface area contributed by atoms with Gasteiger partial charge in [-0.2, -0.15) is 0 Å². The SMILES string of the molecule is Nc1cc(Oc2ccc(O)cc2)cc([N+](=O)[O-])c1. The number of nitrogen functional groups attached to an aromatic ring is 1. The molecule has 2 aromatic rings. The van der Waals surface area contributed by atoms with E-state index in [2.05, 4.69) is 0 Å². The first-order valence-electron chi connectivity index (χ1n) is 5.06. The summed E-state index contributed by atoms with van der Waals surface area (Å²) >= 11 is 0. The van der Waals surface area contributed by atoms with Gasteiger partial charge in [0.15, 0.2) is 0 Å². The topological polar surface area (TPSA) is 98.6 Å². The van der Waals surface area contributed by atoms with E-state index in [1.165, 1.54) is 30.3 Å². The summed E-state index contributed by atoms with van der Waals surface area (Å²) in [4.78, 5) is 10.1. The van der Waals surface area contributed by atoms with Crippen LogP contribution in [0.25, 0.3) is 0 Å². The minimum atomic E-state index is -0.542. The van der Waals surface area contributed by atoms with Crippen LogP contribution < -0.4 is 10.5 Å². The molecular weight excluding hydrogens is 236 g/mol. The van der Waals surface area contributed by atoms with Crippen molar-refractivity contribution in [1.29, 1.82) is 0 Å². The molecule has 18 heavy (non-hydrogen) atoms. The Morgan fingerprint density at radius 1 is 1.11 bits per heavy atom. The van der Waals surface area contributed by atoms with E-state index in [1.54, 1.807) is 12.1 Å². The number of ether oxygens (including phenoxy) is 1. The monoisotopic (exact) mass is 246 g/mol. The molecule has 0 saturated heterocycles. The van der Waals surface area contributed by atoms with E-state index in [4.69, 9.17) is 15.6 Å². The number of nitro groups is 1. The zero-order valence-corrected chi connectivity index (χ0v) is 9.24. The lowest BCUT2D eigenvalue weighted by atomic mass is 10.2. The molecule has 0 bridgehead atoms. The van der Waals surface area contributed by atoms with Gasteiger partial charge in [-0.05, 0) is 24.3 Å². The molecular formula is C12H10N2O4. The van der Waals surface area contributed by atoms with Crippen LogP contribution in [0.1, 0.15) is 0 Å². The van der Waals surface area contributed by atoms with Crippen molar-refractivity contribution in [2.24, 2.45) is 0 Å². The Hall–Kier alpha value is -2.76. The van der Waals surface area contributed by atoms with Crippen LogP contribution in [0.15, 0.2) is 42.5 Å². The first-order valence-corrected chi connectivity index (χ1v) is 5.06. The molecule has 2 rings (SSSR count). The predicted molar refractivity (Wildman–Crippen MR) is 65.7 cm³/mol. The lowest BCUT2D eigenvalue weighted by Crippen LogP contribution is -1.93. The maximum Gasteiger partial charge on any atom is 0.275 e. The van der Waals surface area contributed by atoms with Crippen molar-refractivity contribution >= 4 is 11.4 Å². The second-order valence-corrected chi connectivity index (χ2v) is 3.61. The maximum absolute atomic E-state index is 10.7. The van der Waals surface area contributed by atoms with Gasteiger partial charge in [0.1, 0.15) is 17.2 Å². The number of anilines is 1. The fourth-order valence-corrected chi connectivity index (χ4v) is 1.42. The molecule has 0 atom stereocenters. The first kappa shape index (κ1) is 11.7. The third-order valence-corrected chi connectivity index (χ3v) is 2.20. The fraction of sp³-hybridized carbons (Fsp3) is 0. The second kappa shape index (κ2) is 4.62. The molecule has 3 N–H and O–H groups in total. The van der Waals surface area contributed by atoms with E-state index in [-0.39, 0.29) is 22.9 Å². The van der Waals surface area contributed by atoms with E-state index in [0.29, 0.717) is 5.75 Å². The third kappa shape index (κ3) is 2.67. The van der Waals surface area contributed by atoms with Gasteiger partial charge in [0, 0.05) is 17.8 Å². The molecule has 2 aromatic carbocycles. The van der Waals surface area contributed by atoms with Crippen molar-refractivity contribution in [1.82, 2.24) is 0 Å². The second-order valence-electron chi connectivity index (χ2n) is 3.61. The Kier molecular flexibility index (Phi) is 3.01. The number of benzene rings is 2. The zero-order valence-electron chi connectivity index (χ0n) is 9.24. The highest BCUT2D eigenvalue weighted by Gasteiger charge is 2.09. The highest BCUT2D eigenvalue weighted by Crippen LogP contribution is 2.29. The largest absolute Gasteiger partial charge is 0.508 e. The number of nitrogens with two attached hydrogens (primary N) is 1. The number of nitro benzene ring substituents is 1. The normalized spacial score (nSPS) is 10.0. The molecule has 6 heteroatoms. The Balaban J connectivity index is 2.28. The van der Waals surface area contributed by atoms with Crippen LogP contribution in [0.2, 0.25) is 0 Å². The van der Waals surface area contributed by atoms with Crippen molar-refractivity contribution in [2.75, 3.05) is 5.73 Å². The van der Waals surface area contributed by atoms with E-state index >= 15 is 0 Å². The Morgan fingerprint density at radius 3 is 2.39 bits per heavy atom. The highest BCUT2D eigenvalue weighted by molar-refractivity contribution is 5.54. The maximum atomic E-state index is 10.7. The number of nitrogens with zero attached hydrogens (tertiary/aromatic N) is 1. The number of hydrogen-bond acceptors (Lipinski definition) is 5. The number of aromatic hydroxyl groups is 1. The van der Waals surface area contributed by atoms with Gasteiger partial charge >= 0.3 is 0 Å². The molecule has 0 saturated carbocycles. The van der Waals surface area contributed by atoms with Crippen molar-refractivity contribution < 1.29 is 14.8 Å². The minimum Gasteiger partial charge on any atom is -0.508 e. The van der Waals surface area contributed by atoms with E-state index in [0.717, 1.165) is 0 Å². The summed E-state index contributed by atoms with van der Waals surface area (Å²) in [6, 6.07) is 10.0. The molecule has 0 fully saturated rings. The molecule has 0 amide bonds. The zero-order chi connectivity index (χ0) is 13.1. The number of phenols is 1. The van der Waals surface area contributed by atoms with E-state index < -0.39 is 4.92 Å². The van der Waals surface area contributed by atoms with Gasteiger partial charge in [-0.25, -0.2) is 0 Å². The fourth-order valence-electron chi connectivity index (χ4n) is 1.42. The van der Waals surface area contributed by atoms with Crippen molar-refractivity contribution in [3.8, 4) is 17.2 Å². The third-order valence-electron chi connectivity index (χ3n) is 2.20. The van der Waals surface area contributed by atoms with E-state index in [9.17, 15) is 10.1 Å². The lowest BCUT2D eigenvalue weighted by molar-refractivity contribution is -0.384.